The third kappa shape index (κ3) is 2.18. The minimum Gasteiger partial charge on any atom is -0.352 e. The van der Waals surface area contributed by atoms with Crippen LogP contribution in [0.5, 0.6) is 0 Å². The number of carbonyl (C=O) groups is 1. The van der Waals surface area contributed by atoms with Gasteiger partial charge >= 0.3 is 0 Å². The Bertz CT molecular complexity index is 558. The van der Waals surface area contributed by atoms with E-state index in [1.807, 2.05) is 12.1 Å². The lowest BCUT2D eigenvalue weighted by Crippen LogP contribution is -2.43. The van der Waals surface area contributed by atoms with E-state index in [1.54, 1.807) is 6.92 Å². The number of benzene rings is 1. The van der Waals surface area contributed by atoms with Gasteiger partial charge in [0.2, 0.25) is 5.91 Å². The first-order valence-electron chi connectivity index (χ1n) is 7.92. The number of hydrogen-bond donors (Lipinski definition) is 1. The van der Waals surface area contributed by atoms with Gasteiger partial charge in [-0.3, -0.25) is 9.69 Å². The van der Waals surface area contributed by atoms with Crippen LogP contribution in [0.3, 0.4) is 0 Å². The summed E-state index contributed by atoms with van der Waals surface area (Å²) in [6.07, 6.45) is 3.83. The fourth-order valence-corrected chi connectivity index (χ4v) is 5.13. The van der Waals surface area contributed by atoms with Crippen LogP contribution in [0, 0.1) is 5.92 Å². The van der Waals surface area contributed by atoms with Crippen molar-refractivity contribution >= 4 is 17.5 Å². The van der Waals surface area contributed by atoms with Crippen molar-refractivity contribution in [3.8, 4) is 0 Å². The van der Waals surface area contributed by atoms with E-state index >= 15 is 0 Å². The number of rotatable bonds is 2. The normalized spacial score (nSPS) is 40.3. The smallest absolute Gasteiger partial charge is 0.217 e. The Labute approximate surface area is 130 Å². The Balaban J connectivity index is 1.67. The molecule has 3 fully saturated rings. The van der Waals surface area contributed by atoms with Gasteiger partial charge in [0.25, 0.3) is 0 Å². The molecule has 1 N–H and O–H groups in total. The fraction of sp³-hybridized carbons (Fsp3) is 0.588. The highest BCUT2D eigenvalue weighted by Gasteiger charge is 2.55. The molecule has 21 heavy (non-hydrogen) atoms. The SMILES string of the molecule is CC(=O)NC1CN2[C@H]3CC[C@@H]2[C@H]1[C@@H](c1ccc(Cl)cc1)C3. The molecule has 1 amide bonds. The maximum Gasteiger partial charge on any atom is 0.217 e. The molecule has 1 aromatic carbocycles. The van der Waals surface area contributed by atoms with Crippen LogP contribution in [0.15, 0.2) is 24.3 Å². The summed E-state index contributed by atoms with van der Waals surface area (Å²) in [6.45, 7) is 2.66. The van der Waals surface area contributed by atoms with Crippen molar-refractivity contribution in [2.75, 3.05) is 6.54 Å². The molecule has 4 heteroatoms. The molecule has 3 saturated heterocycles. The second-order valence-corrected chi connectivity index (χ2v) is 7.21. The first-order valence-corrected chi connectivity index (χ1v) is 8.29. The predicted molar refractivity (Wildman–Crippen MR) is 83.4 cm³/mol. The maximum atomic E-state index is 11.5. The van der Waals surface area contributed by atoms with Crippen LogP contribution in [0.4, 0.5) is 0 Å². The molecule has 0 spiro atoms. The topological polar surface area (TPSA) is 32.3 Å². The summed E-state index contributed by atoms with van der Waals surface area (Å²) in [5, 5.41) is 4.00. The Morgan fingerprint density at radius 2 is 2.05 bits per heavy atom. The molecule has 0 radical (unpaired) electrons. The van der Waals surface area contributed by atoms with Gasteiger partial charge in [-0.1, -0.05) is 23.7 Å². The molecular weight excluding hydrogens is 284 g/mol. The number of piperidine rings is 1. The van der Waals surface area contributed by atoms with Crippen LogP contribution in [-0.4, -0.2) is 35.5 Å². The van der Waals surface area contributed by atoms with Gasteiger partial charge in [-0.05, 0) is 42.9 Å². The quantitative estimate of drug-likeness (QED) is 0.911. The maximum absolute atomic E-state index is 11.5. The second kappa shape index (κ2) is 4.99. The van der Waals surface area contributed by atoms with Crippen molar-refractivity contribution < 1.29 is 4.79 Å². The standard InChI is InChI=1S/C17H21ClN2O/c1-10(21)19-15-9-20-13-6-7-16(20)17(15)14(8-13)11-2-4-12(18)5-3-11/h2-5,13-17H,6-9H2,1H3,(H,19,21)/t13-,14+,15?,16+,17-/m0/s1. The summed E-state index contributed by atoms with van der Waals surface area (Å²) in [6, 6.07) is 9.99. The Hall–Kier alpha value is -1.06. The predicted octanol–water partition coefficient (Wildman–Crippen LogP) is 2.79. The van der Waals surface area contributed by atoms with Crippen LogP contribution in [0.1, 0.15) is 37.7 Å². The average Bonchev–Trinajstić information content (AvgIpc) is 2.85. The molecule has 112 valence electrons. The van der Waals surface area contributed by atoms with Gasteiger partial charge in [-0.25, -0.2) is 0 Å². The Morgan fingerprint density at radius 1 is 1.29 bits per heavy atom. The summed E-state index contributed by atoms with van der Waals surface area (Å²) in [5.41, 5.74) is 1.39. The molecule has 2 unspecified atom stereocenters. The minimum absolute atomic E-state index is 0.0967. The van der Waals surface area contributed by atoms with Crippen LogP contribution >= 0.6 is 11.6 Å². The highest BCUT2D eigenvalue weighted by Crippen LogP contribution is 2.52. The van der Waals surface area contributed by atoms with Crippen LogP contribution in [0.25, 0.3) is 0 Å². The zero-order valence-electron chi connectivity index (χ0n) is 12.3. The van der Waals surface area contributed by atoms with Gasteiger partial charge in [-0.2, -0.15) is 0 Å². The van der Waals surface area contributed by atoms with Gasteiger partial charge in [0, 0.05) is 42.5 Å². The molecule has 3 aliphatic rings. The summed E-state index contributed by atoms with van der Waals surface area (Å²) >= 11 is 6.03. The number of halogens is 1. The van der Waals surface area contributed by atoms with E-state index in [-0.39, 0.29) is 5.91 Å². The highest BCUT2D eigenvalue weighted by molar-refractivity contribution is 6.30. The van der Waals surface area contributed by atoms with Gasteiger partial charge in [-0.15, -0.1) is 0 Å². The first kappa shape index (κ1) is 13.6. The van der Waals surface area contributed by atoms with E-state index in [9.17, 15) is 4.79 Å². The Morgan fingerprint density at radius 3 is 2.76 bits per heavy atom. The van der Waals surface area contributed by atoms with Crippen molar-refractivity contribution in [1.82, 2.24) is 10.2 Å². The summed E-state index contributed by atoms with van der Waals surface area (Å²) in [5.74, 6) is 1.20. The fourth-order valence-electron chi connectivity index (χ4n) is 5.00. The van der Waals surface area contributed by atoms with Crippen molar-refractivity contribution in [3.05, 3.63) is 34.9 Å². The van der Waals surface area contributed by atoms with Gasteiger partial charge in [0.1, 0.15) is 0 Å². The van der Waals surface area contributed by atoms with E-state index in [2.05, 4.69) is 22.3 Å². The number of nitrogens with one attached hydrogen (secondary N) is 1. The number of hydrogen-bond acceptors (Lipinski definition) is 2. The number of carbonyl (C=O) groups excluding carboxylic acids is 1. The molecule has 3 aliphatic heterocycles. The summed E-state index contributed by atoms with van der Waals surface area (Å²) in [7, 11) is 0. The van der Waals surface area contributed by atoms with Crippen LogP contribution in [0.2, 0.25) is 5.02 Å². The molecule has 3 heterocycles. The molecule has 0 aliphatic carbocycles. The molecule has 4 bridgehead atoms. The van der Waals surface area contributed by atoms with Crippen molar-refractivity contribution in [1.29, 1.82) is 0 Å². The lowest BCUT2D eigenvalue weighted by molar-refractivity contribution is -0.119. The van der Waals surface area contributed by atoms with Crippen molar-refractivity contribution in [2.45, 2.75) is 50.2 Å². The van der Waals surface area contributed by atoms with E-state index in [1.165, 1.54) is 24.8 Å². The van der Waals surface area contributed by atoms with E-state index in [0.717, 1.165) is 11.6 Å². The molecular formula is C17H21ClN2O. The van der Waals surface area contributed by atoms with Crippen LogP contribution in [-0.2, 0) is 4.79 Å². The lowest BCUT2D eigenvalue weighted by atomic mass is 9.76. The van der Waals surface area contributed by atoms with Gasteiger partial charge in [0.05, 0.1) is 0 Å². The third-order valence-electron chi connectivity index (χ3n) is 5.68. The van der Waals surface area contributed by atoms with Gasteiger partial charge < -0.3 is 5.32 Å². The zero-order chi connectivity index (χ0) is 14.6. The molecule has 3 nitrogen and oxygen atoms in total. The molecule has 0 saturated carbocycles. The van der Waals surface area contributed by atoms with Crippen LogP contribution < -0.4 is 5.32 Å². The highest BCUT2D eigenvalue weighted by atomic mass is 35.5. The molecule has 1 aromatic rings. The molecule has 0 aromatic heterocycles. The monoisotopic (exact) mass is 304 g/mol. The molecule has 6 atom stereocenters. The lowest BCUT2D eigenvalue weighted by Gasteiger charge is -2.38. The van der Waals surface area contributed by atoms with Crippen molar-refractivity contribution in [2.24, 2.45) is 5.92 Å². The van der Waals surface area contributed by atoms with Gasteiger partial charge in [0.15, 0.2) is 0 Å². The summed E-state index contributed by atoms with van der Waals surface area (Å²) in [4.78, 5) is 14.2. The van der Waals surface area contributed by atoms with E-state index in [0.29, 0.717) is 30.0 Å². The third-order valence-corrected chi connectivity index (χ3v) is 5.94. The average molecular weight is 305 g/mol. The second-order valence-electron chi connectivity index (χ2n) is 6.77. The van der Waals surface area contributed by atoms with E-state index in [4.69, 9.17) is 11.6 Å². The number of amides is 1. The first-order chi connectivity index (χ1) is 10.1. The summed E-state index contributed by atoms with van der Waals surface area (Å²) < 4.78 is 0. The number of nitrogens with zero attached hydrogens (tertiary/aromatic N) is 1. The molecule has 4 rings (SSSR count). The Kier molecular flexibility index (Phi) is 3.23. The minimum atomic E-state index is 0.0967. The zero-order valence-corrected chi connectivity index (χ0v) is 13.0. The van der Waals surface area contributed by atoms with E-state index < -0.39 is 0 Å². The van der Waals surface area contributed by atoms with Crippen molar-refractivity contribution in [3.63, 3.8) is 0 Å². The largest absolute Gasteiger partial charge is 0.352 e.